The number of rotatable bonds is 5. The Hall–Kier alpha value is -1.18. The predicted molar refractivity (Wildman–Crippen MR) is 93.7 cm³/mol. The van der Waals surface area contributed by atoms with Gasteiger partial charge in [-0.3, -0.25) is 0 Å². The van der Waals surface area contributed by atoms with E-state index >= 15 is 0 Å². The van der Waals surface area contributed by atoms with Gasteiger partial charge in [-0.1, -0.05) is 6.42 Å². The second kappa shape index (κ2) is 7.80. The Kier molecular flexibility index (Phi) is 5.73. The standard InChI is InChI=1S/C17H27N3O3S/c1-2-23-15-8-12-19(13-9-15)17-7-6-16(14-18-17)24(21,22)20-10-4-3-5-11-20/h6-7,14-15H,2-5,8-13H2,1H3. The van der Waals surface area contributed by atoms with Crippen molar-refractivity contribution in [2.45, 2.75) is 50.0 Å². The first-order valence-electron chi connectivity index (χ1n) is 8.94. The monoisotopic (exact) mass is 353 g/mol. The molecular weight excluding hydrogens is 326 g/mol. The number of hydrogen-bond acceptors (Lipinski definition) is 5. The van der Waals surface area contributed by atoms with Crippen LogP contribution in [0.3, 0.4) is 0 Å². The van der Waals surface area contributed by atoms with Crippen LogP contribution in [0.4, 0.5) is 5.82 Å². The zero-order valence-corrected chi connectivity index (χ0v) is 15.2. The fourth-order valence-corrected chi connectivity index (χ4v) is 4.92. The SMILES string of the molecule is CCOC1CCN(c2ccc(S(=O)(=O)N3CCCCC3)cn2)CC1. The molecule has 1 aromatic heterocycles. The molecule has 0 unspecified atom stereocenters. The maximum Gasteiger partial charge on any atom is 0.244 e. The molecule has 2 aliphatic rings. The molecule has 0 aliphatic carbocycles. The van der Waals surface area contributed by atoms with Gasteiger partial charge in [-0.15, -0.1) is 0 Å². The first kappa shape index (κ1) is 17.6. The molecular formula is C17H27N3O3S. The van der Waals surface area contributed by atoms with Crippen molar-refractivity contribution in [3.8, 4) is 0 Å². The van der Waals surface area contributed by atoms with E-state index in [1.807, 2.05) is 13.0 Å². The summed E-state index contributed by atoms with van der Waals surface area (Å²) in [5.41, 5.74) is 0. The van der Waals surface area contributed by atoms with Gasteiger partial charge in [-0.05, 0) is 44.7 Å². The smallest absolute Gasteiger partial charge is 0.244 e. The summed E-state index contributed by atoms with van der Waals surface area (Å²) in [6.45, 7) is 5.82. The van der Waals surface area contributed by atoms with E-state index in [1.54, 1.807) is 10.4 Å². The van der Waals surface area contributed by atoms with Crippen molar-refractivity contribution < 1.29 is 13.2 Å². The maximum atomic E-state index is 12.6. The lowest BCUT2D eigenvalue weighted by Gasteiger charge is -2.32. The third-order valence-electron chi connectivity index (χ3n) is 4.84. The summed E-state index contributed by atoms with van der Waals surface area (Å²) in [6.07, 6.45) is 6.82. The molecule has 2 saturated heterocycles. The van der Waals surface area contributed by atoms with Crippen molar-refractivity contribution in [1.82, 2.24) is 9.29 Å². The molecule has 2 fully saturated rings. The highest BCUT2D eigenvalue weighted by Gasteiger charge is 2.27. The van der Waals surface area contributed by atoms with E-state index in [-0.39, 0.29) is 0 Å². The van der Waals surface area contributed by atoms with Crippen LogP contribution >= 0.6 is 0 Å². The van der Waals surface area contributed by atoms with E-state index in [1.165, 1.54) is 6.20 Å². The summed E-state index contributed by atoms with van der Waals surface area (Å²) < 4.78 is 32.5. The van der Waals surface area contributed by atoms with Gasteiger partial charge in [0.1, 0.15) is 10.7 Å². The van der Waals surface area contributed by atoms with Gasteiger partial charge in [0.2, 0.25) is 10.0 Å². The Morgan fingerprint density at radius 3 is 2.42 bits per heavy atom. The van der Waals surface area contributed by atoms with Crippen LogP contribution in [0.1, 0.15) is 39.0 Å². The molecule has 3 heterocycles. The fourth-order valence-electron chi connectivity index (χ4n) is 3.45. The molecule has 0 radical (unpaired) electrons. The van der Waals surface area contributed by atoms with Crippen molar-refractivity contribution in [2.75, 3.05) is 37.7 Å². The summed E-state index contributed by atoms with van der Waals surface area (Å²) in [7, 11) is -3.39. The zero-order valence-electron chi connectivity index (χ0n) is 14.4. The molecule has 134 valence electrons. The molecule has 3 rings (SSSR count). The molecule has 0 saturated carbocycles. The van der Waals surface area contributed by atoms with Crippen LogP contribution in [-0.4, -0.2) is 56.6 Å². The van der Waals surface area contributed by atoms with E-state index in [0.717, 1.165) is 57.6 Å². The van der Waals surface area contributed by atoms with Crippen LogP contribution in [0.25, 0.3) is 0 Å². The number of piperidine rings is 2. The third-order valence-corrected chi connectivity index (χ3v) is 6.72. The highest BCUT2D eigenvalue weighted by atomic mass is 32.2. The van der Waals surface area contributed by atoms with Crippen molar-refractivity contribution in [3.05, 3.63) is 18.3 Å². The Morgan fingerprint density at radius 1 is 1.12 bits per heavy atom. The molecule has 24 heavy (non-hydrogen) atoms. The van der Waals surface area contributed by atoms with Crippen LogP contribution in [0.5, 0.6) is 0 Å². The molecule has 0 N–H and O–H groups in total. The van der Waals surface area contributed by atoms with Crippen molar-refractivity contribution >= 4 is 15.8 Å². The number of ether oxygens (including phenoxy) is 1. The summed E-state index contributed by atoms with van der Waals surface area (Å²) in [5.74, 6) is 0.850. The largest absolute Gasteiger partial charge is 0.378 e. The first-order chi connectivity index (χ1) is 11.6. The quantitative estimate of drug-likeness (QED) is 0.812. The van der Waals surface area contributed by atoms with Crippen LogP contribution in [0.15, 0.2) is 23.2 Å². The lowest BCUT2D eigenvalue weighted by molar-refractivity contribution is 0.0458. The van der Waals surface area contributed by atoms with Gasteiger partial charge >= 0.3 is 0 Å². The van der Waals surface area contributed by atoms with E-state index in [9.17, 15) is 8.42 Å². The van der Waals surface area contributed by atoms with Crippen LogP contribution in [-0.2, 0) is 14.8 Å². The Morgan fingerprint density at radius 2 is 1.83 bits per heavy atom. The number of sulfonamides is 1. The fraction of sp³-hybridized carbons (Fsp3) is 0.706. The lowest BCUT2D eigenvalue weighted by atomic mass is 10.1. The van der Waals surface area contributed by atoms with Gasteiger partial charge in [-0.25, -0.2) is 13.4 Å². The van der Waals surface area contributed by atoms with Gasteiger partial charge in [0.15, 0.2) is 0 Å². The maximum absolute atomic E-state index is 12.6. The minimum Gasteiger partial charge on any atom is -0.378 e. The van der Waals surface area contributed by atoms with Gasteiger partial charge in [0, 0.05) is 39.0 Å². The highest BCUT2D eigenvalue weighted by molar-refractivity contribution is 7.89. The molecule has 0 amide bonds. The number of aromatic nitrogens is 1. The third kappa shape index (κ3) is 3.90. The highest BCUT2D eigenvalue weighted by Crippen LogP contribution is 2.23. The minimum atomic E-state index is -3.39. The Labute approximate surface area is 144 Å². The summed E-state index contributed by atoms with van der Waals surface area (Å²) in [6, 6.07) is 3.53. The molecule has 0 aromatic carbocycles. The summed E-state index contributed by atoms with van der Waals surface area (Å²) in [5, 5.41) is 0. The van der Waals surface area contributed by atoms with Gasteiger partial charge < -0.3 is 9.64 Å². The van der Waals surface area contributed by atoms with Crippen molar-refractivity contribution in [1.29, 1.82) is 0 Å². The topological polar surface area (TPSA) is 62.7 Å². The average molecular weight is 353 g/mol. The molecule has 0 spiro atoms. The molecule has 1 aromatic rings. The molecule has 0 atom stereocenters. The molecule has 7 heteroatoms. The Balaban J connectivity index is 1.65. The molecule has 0 bridgehead atoms. The van der Waals surface area contributed by atoms with E-state index < -0.39 is 10.0 Å². The van der Waals surface area contributed by atoms with Crippen LogP contribution < -0.4 is 4.90 Å². The number of nitrogens with zero attached hydrogens (tertiary/aromatic N) is 3. The zero-order chi connectivity index (χ0) is 17.0. The molecule has 6 nitrogen and oxygen atoms in total. The minimum absolute atomic E-state index is 0.303. The first-order valence-corrected chi connectivity index (χ1v) is 10.4. The van der Waals surface area contributed by atoms with Crippen LogP contribution in [0.2, 0.25) is 0 Å². The summed E-state index contributed by atoms with van der Waals surface area (Å²) >= 11 is 0. The van der Waals surface area contributed by atoms with E-state index in [0.29, 0.717) is 24.1 Å². The normalized spacial score (nSPS) is 21.1. The lowest BCUT2D eigenvalue weighted by Crippen LogP contribution is -2.37. The van der Waals surface area contributed by atoms with Crippen molar-refractivity contribution in [3.63, 3.8) is 0 Å². The number of pyridine rings is 1. The summed E-state index contributed by atoms with van der Waals surface area (Å²) in [4.78, 5) is 6.92. The van der Waals surface area contributed by atoms with Crippen molar-refractivity contribution in [2.24, 2.45) is 0 Å². The van der Waals surface area contributed by atoms with Gasteiger partial charge in [-0.2, -0.15) is 4.31 Å². The predicted octanol–water partition coefficient (Wildman–Crippen LogP) is 2.26. The second-order valence-corrected chi connectivity index (χ2v) is 8.40. The average Bonchev–Trinajstić information content (AvgIpc) is 2.63. The van der Waals surface area contributed by atoms with E-state index in [4.69, 9.17) is 4.74 Å². The molecule has 2 aliphatic heterocycles. The van der Waals surface area contributed by atoms with Gasteiger partial charge in [0.05, 0.1) is 6.10 Å². The van der Waals surface area contributed by atoms with Gasteiger partial charge in [0.25, 0.3) is 0 Å². The van der Waals surface area contributed by atoms with E-state index in [2.05, 4.69) is 9.88 Å². The second-order valence-electron chi connectivity index (χ2n) is 6.46. The number of anilines is 1. The Bertz CT molecular complexity index is 619. The number of hydrogen-bond donors (Lipinski definition) is 0. The van der Waals surface area contributed by atoms with Crippen LogP contribution in [0, 0.1) is 0 Å².